The summed E-state index contributed by atoms with van der Waals surface area (Å²) in [5.74, 6) is -1.54. The van der Waals surface area contributed by atoms with Gasteiger partial charge in [-0.2, -0.15) is 5.26 Å². The third-order valence-electron chi connectivity index (χ3n) is 5.49. The van der Waals surface area contributed by atoms with E-state index >= 15 is 0 Å². The van der Waals surface area contributed by atoms with Crippen LogP contribution in [-0.4, -0.2) is 11.8 Å². The summed E-state index contributed by atoms with van der Waals surface area (Å²) in [6.45, 7) is 2.70. The zero-order valence-corrected chi connectivity index (χ0v) is 19.4. The Balaban J connectivity index is 2.13. The number of carbonyl (C=O) groups excluding carboxylic acids is 2. The number of hydrogen-bond donors (Lipinski definition) is 0. The minimum atomic E-state index is -0.746. The lowest BCUT2D eigenvalue weighted by molar-refractivity contribution is -0.137. The van der Waals surface area contributed by atoms with Gasteiger partial charge in [-0.1, -0.05) is 72.3 Å². The molecule has 1 atom stereocenters. The van der Waals surface area contributed by atoms with Crippen molar-refractivity contribution in [3.05, 3.63) is 118 Å². The topological polar surface area (TPSA) is 70.4 Å². The summed E-state index contributed by atoms with van der Waals surface area (Å²) in [6, 6.07) is 27.9. The molecule has 6 heteroatoms. The molecule has 4 rings (SSSR count). The summed E-state index contributed by atoms with van der Waals surface area (Å²) in [7, 11) is 0. The summed E-state index contributed by atoms with van der Waals surface area (Å²) in [5, 5.41) is 11.0. The van der Waals surface area contributed by atoms with Gasteiger partial charge >= 0.3 is 5.97 Å². The third-order valence-corrected chi connectivity index (χ3v) is 5.75. The van der Waals surface area contributed by atoms with Crippen molar-refractivity contribution in [3.63, 3.8) is 0 Å². The standard InChI is InChI=1S/C28H21ClN2O3/c1-18(32)25-26(20-13-15-22(29)16-14-20)24(17-30)27(21-9-5-3-6-10-21)31(28(25)34-19(2)33)23-11-7-4-8-12-23/h3-16,26H,1-2H3. The molecule has 0 bridgehead atoms. The Morgan fingerprint density at radius 1 is 0.912 bits per heavy atom. The number of carbonyl (C=O) groups is 2. The number of anilines is 1. The number of ketones is 1. The van der Waals surface area contributed by atoms with Crippen molar-refractivity contribution in [3.8, 4) is 6.07 Å². The average Bonchev–Trinajstić information content (AvgIpc) is 2.84. The van der Waals surface area contributed by atoms with Crippen LogP contribution < -0.4 is 4.90 Å². The molecule has 0 spiro atoms. The highest BCUT2D eigenvalue weighted by molar-refractivity contribution is 6.30. The number of ether oxygens (including phenoxy) is 1. The predicted octanol–water partition coefficient (Wildman–Crippen LogP) is 6.24. The lowest BCUT2D eigenvalue weighted by Gasteiger charge is -2.38. The average molecular weight is 469 g/mol. The lowest BCUT2D eigenvalue weighted by Crippen LogP contribution is -2.34. The van der Waals surface area contributed by atoms with Crippen LogP contribution in [0.1, 0.15) is 30.9 Å². The van der Waals surface area contributed by atoms with Crippen LogP contribution in [-0.2, 0) is 14.3 Å². The first kappa shape index (κ1) is 23.0. The molecule has 3 aromatic rings. The number of Topliss-reactive ketones (excluding diaryl/α,β-unsaturated/α-hetero) is 1. The normalized spacial score (nSPS) is 15.7. The first-order valence-electron chi connectivity index (χ1n) is 10.7. The van der Waals surface area contributed by atoms with Gasteiger partial charge in [0.15, 0.2) is 5.78 Å². The second kappa shape index (κ2) is 9.78. The SMILES string of the molecule is CC(=O)OC1=C(C(C)=O)C(c2ccc(Cl)cc2)C(C#N)=C(c2ccccc2)N1c1ccccc1. The number of hydrogen-bond acceptors (Lipinski definition) is 5. The third kappa shape index (κ3) is 4.36. The van der Waals surface area contributed by atoms with E-state index in [9.17, 15) is 14.9 Å². The molecule has 1 unspecified atom stereocenters. The van der Waals surface area contributed by atoms with Crippen molar-refractivity contribution in [2.75, 3.05) is 4.90 Å². The number of benzene rings is 3. The minimum Gasteiger partial charge on any atom is -0.409 e. The fourth-order valence-electron chi connectivity index (χ4n) is 4.15. The molecule has 34 heavy (non-hydrogen) atoms. The van der Waals surface area contributed by atoms with Gasteiger partial charge in [-0.25, -0.2) is 0 Å². The fourth-order valence-corrected chi connectivity index (χ4v) is 4.27. The van der Waals surface area contributed by atoms with E-state index in [1.165, 1.54) is 13.8 Å². The molecule has 5 nitrogen and oxygen atoms in total. The van der Waals surface area contributed by atoms with Gasteiger partial charge in [0.2, 0.25) is 5.88 Å². The molecule has 168 valence electrons. The Labute approximate surface area is 203 Å². The van der Waals surface area contributed by atoms with E-state index in [-0.39, 0.29) is 17.2 Å². The molecule has 0 radical (unpaired) electrons. The molecule has 1 heterocycles. The van der Waals surface area contributed by atoms with Gasteiger partial charge in [-0.3, -0.25) is 14.5 Å². The molecule has 0 saturated carbocycles. The molecule has 1 aliphatic heterocycles. The van der Waals surface area contributed by atoms with Gasteiger partial charge < -0.3 is 4.74 Å². The van der Waals surface area contributed by atoms with E-state index in [1.54, 1.807) is 29.2 Å². The number of halogens is 1. The van der Waals surface area contributed by atoms with E-state index in [2.05, 4.69) is 6.07 Å². The van der Waals surface area contributed by atoms with Gasteiger partial charge in [0, 0.05) is 17.6 Å². The number of para-hydroxylation sites is 1. The Morgan fingerprint density at radius 3 is 2.03 bits per heavy atom. The molecule has 0 aliphatic carbocycles. The van der Waals surface area contributed by atoms with Crippen molar-refractivity contribution in [2.45, 2.75) is 19.8 Å². The highest BCUT2D eigenvalue weighted by Crippen LogP contribution is 2.47. The van der Waals surface area contributed by atoms with E-state index in [0.29, 0.717) is 27.5 Å². The number of rotatable bonds is 5. The molecular formula is C28H21ClN2O3. The van der Waals surface area contributed by atoms with Gasteiger partial charge in [0.05, 0.1) is 28.8 Å². The molecule has 0 saturated heterocycles. The van der Waals surface area contributed by atoms with Crippen LogP contribution in [0.5, 0.6) is 0 Å². The van der Waals surface area contributed by atoms with Crippen molar-refractivity contribution in [1.29, 1.82) is 5.26 Å². The van der Waals surface area contributed by atoms with Gasteiger partial charge in [-0.15, -0.1) is 0 Å². The van der Waals surface area contributed by atoms with Crippen molar-refractivity contribution in [2.24, 2.45) is 0 Å². The van der Waals surface area contributed by atoms with E-state index in [1.807, 2.05) is 60.7 Å². The van der Waals surface area contributed by atoms with Crippen molar-refractivity contribution >= 4 is 34.7 Å². The summed E-state index contributed by atoms with van der Waals surface area (Å²) >= 11 is 6.11. The van der Waals surface area contributed by atoms with Gasteiger partial charge in [0.1, 0.15) is 0 Å². The highest BCUT2D eigenvalue weighted by atomic mass is 35.5. The largest absolute Gasteiger partial charge is 0.409 e. The number of allylic oxidation sites excluding steroid dienone is 2. The quantitative estimate of drug-likeness (QED) is 0.414. The summed E-state index contributed by atoms with van der Waals surface area (Å²) in [4.78, 5) is 27.0. The molecular weight excluding hydrogens is 448 g/mol. The van der Waals surface area contributed by atoms with Gasteiger partial charge in [-0.05, 0) is 42.3 Å². The molecule has 0 aromatic heterocycles. The monoisotopic (exact) mass is 468 g/mol. The summed E-state index contributed by atoms with van der Waals surface area (Å²) < 4.78 is 5.73. The fraction of sp³-hybridized carbons (Fsp3) is 0.107. The van der Waals surface area contributed by atoms with Gasteiger partial charge in [0.25, 0.3) is 0 Å². The van der Waals surface area contributed by atoms with Crippen molar-refractivity contribution < 1.29 is 14.3 Å². The van der Waals surface area contributed by atoms with E-state index < -0.39 is 11.9 Å². The maximum atomic E-state index is 13.1. The van der Waals surface area contributed by atoms with Crippen LogP contribution in [0, 0.1) is 11.3 Å². The molecule has 0 fully saturated rings. The van der Waals surface area contributed by atoms with Crippen LogP contribution in [0.2, 0.25) is 5.02 Å². The number of nitrogens with zero attached hydrogens (tertiary/aromatic N) is 2. The first-order chi connectivity index (χ1) is 16.4. The maximum absolute atomic E-state index is 13.1. The lowest BCUT2D eigenvalue weighted by atomic mass is 9.79. The smallest absolute Gasteiger partial charge is 0.309 e. The second-order valence-corrected chi connectivity index (χ2v) is 8.20. The van der Waals surface area contributed by atoms with Crippen LogP contribution in [0.4, 0.5) is 5.69 Å². The summed E-state index contributed by atoms with van der Waals surface area (Å²) in [5.41, 5.74) is 3.20. The zero-order valence-electron chi connectivity index (χ0n) is 18.7. The van der Waals surface area contributed by atoms with E-state index in [0.717, 1.165) is 5.56 Å². The van der Waals surface area contributed by atoms with Crippen LogP contribution in [0.25, 0.3) is 5.70 Å². The first-order valence-corrected chi connectivity index (χ1v) is 11.0. The number of esters is 1. The number of nitriles is 1. The van der Waals surface area contributed by atoms with Crippen LogP contribution in [0.3, 0.4) is 0 Å². The van der Waals surface area contributed by atoms with Crippen LogP contribution >= 0.6 is 11.6 Å². The Hall–Kier alpha value is -4.14. The molecule has 0 N–H and O–H groups in total. The maximum Gasteiger partial charge on any atom is 0.309 e. The minimum absolute atomic E-state index is 0.0870. The molecule has 1 aliphatic rings. The summed E-state index contributed by atoms with van der Waals surface area (Å²) in [6.07, 6.45) is 0. The highest BCUT2D eigenvalue weighted by Gasteiger charge is 2.41. The Bertz CT molecular complexity index is 1340. The zero-order chi connectivity index (χ0) is 24.2. The Morgan fingerprint density at radius 2 is 1.50 bits per heavy atom. The predicted molar refractivity (Wildman–Crippen MR) is 132 cm³/mol. The Kier molecular flexibility index (Phi) is 6.62. The molecule has 0 amide bonds. The van der Waals surface area contributed by atoms with Crippen molar-refractivity contribution in [1.82, 2.24) is 0 Å². The molecule has 3 aromatic carbocycles. The second-order valence-electron chi connectivity index (χ2n) is 7.76. The van der Waals surface area contributed by atoms with Crippen LogP contribution in [0.15, 0.2) is 102 Å². The van der Waals surface area contributed by atoms with E-state index in [4.69, 9.17) is 16.3 Å².